The quantitative estimate of drug-likeness (QED) is 0.500. The summed E-state index contributed by atoms with van der Waals surface area (Å²) in [6, 6.07) is 0. The van der Waals surface area contributed by atoms with Crippen LogP contribution in [-0.2, 0) is 14.8 Å². The molecule has 0 radical (unpaired) electrons. The van der Waals surface area contributed by atoms with Gasteiger partial charge in [-0.3, -0.25) is 4.79 Å². The molecule has 0 saturated heterocycles. The predicted octanol–water partition coefficient (Wildman–Crippen LogP) is 3.34. The summed E-state index contributed by atoms with van der Waals surface area (Å²) in [6.07, 6.45) is 9.87. The molecule has 0 saturated carbocycles. The van der Waals surface area contributed by atoms with Crippen LogP contribution in [0.15, 0.2) is 0 Å². The summed E-state index contributed by atoms with van der Waals surface area (Å²) in [5, 5.41) is 8.13. The summed E-state index contributed by atoms with van der Waals surface area (Å²) < 4.78 is 22.3. The monoisotopic (exact) mass is 348 g/mol. The van der Waals surface area contributed by atoms with Gasteiger partial charge >= 0.3 is 0 Å². The first-order chi connectivity index (χ1) is 10.6. The predicted molar refractivity (Wildman–Crippen MR) is 96.6 cm³/mol. The van der Waals surface area contributed by atoms with Crippen LogP contribution in [0.25, 0.3) is 0 Å². The highest BCUT2D eigenvalue weighted by atomic mass is 32.2. The van der Waals surface area contributed by atoms with E-state index < -0.39 is 15.9 Å². The first kappa shape index (κ1) is 22.4. The minimum absolute atomic E-state index is 0.214. The Morgan fingerprint density at radius 2 is 1.52 bits per heavy atom. The minimum Gasteiger partial charge on any atom is -0.351 e. The molecule has 0 aliphatic rings. The zero-order valence-electron chi connectivity index (χ0n) is 15.4. The topological polar surface area (TPSA) is 89.3 Å². The Labute approximate surface area is 142 Å². The van der Waals surface area contributed by atoms with E-state index in [0.29, 0.717) is 0 Å². The molecule has 2 atom stereocenters. The van der Waals surface area contributed by atoms with Crippen molar-refractivity contribution in [3.05, 3.63) is 0 Å². The van der Waals surface area contributed by atoms with Gasteiger partial charge in [0.15, 0.2) is 0 Å². The van der Waals surface area contributed by atoms with Crippen molar-refractivity contribution < 1.29 is 13.2 Å². The number of amides is 1. The van der Waals surface area contributed by atoms with Crippen LogP contribution in [0.4, 0.5) is 0 Å². The van der Waals surface area contributed by atoms with Crippen molar-refractivity contribution in [3.8, 4) is 0 Å². The first-order valence-electron chi connectivity index (χ1n) is 8.96. The van der Waals surface area contributed by atoms with Gasteiger partial charge in [-0.2, -0.15) is 0 Å². The molecule has 6 heteroatoms. The summed E-state index contributed by atoms with van der Waals surface area (Å²) in [6.45, 7) is 8.03. The number of nitrogens with one attached hydrogen (secondary N) is 1. The van der Waals surface area contributed by atoms with E-state index in [0.717, 1.165) is 38.5 Å². The Hall–Kier alpha value is -0.620. The SMILES string of the molecule is CCCCCCC(C)(CCCCC)NC(=O)[C@H](C)CS(N)(=O)=O. The Balaban J connectivity index is 4.67. The lowest BCUT2D eigenvalue weighted by Gasteiger charge is -2.32. The van der Waals surface area contributed by atoms with Gasteiger partial charge in [-0.25, -0.2) is 13.6 Å². The second-order valence-corrected chi connectivity index (χ2v) is 8.71. The molecule has 23 heavy (non-hydrogen) atoms. The Bertz CT molecular complexity index is 437. The largest absolute Gasteiger partial charge is 0.351 e. The molecule has 0 aromatic rings. The molecule has 1 amide bonds. The van der Waals surface area contributed by atoms with Crippen LogP contribution in [0.2, 0.25) is 0 Å². The number of unbranched alkanes of at least 4 members (excludes halogenated alkanes) is 5. The van der Waals surface area contributed by atoms with Crippen molar-refractivity contribution in [2.24, 2.45) is 11.1 Å². The van der Waals surface area contributed by atoms with Gasteiger partial charge in [0.2, 0.25) is 15.9 Å². The molecule has 138 valence electrons. The highest BCUT2D eigenvalue weighted by Gasteiger charge is 2.28. The number of hydrogen-bond donors (Lipinski definition) is 2. The van der Waals surface area contributed by atoms with Gasteiger partial charge in [-0.15, -0.1) is 0 Å². The van der Waals surface area contributed by atoms with Gasteiger partial charge < -0.3 is 5.32 Å². The maximum absolute atomic E-state index is 12.3. The Morgan fingerprint density at radius 3 is 2.00 bits per heavy atom. The number of carbonyl (C=O) groups excluding carboxylic acids is 1. The van der Waals surface area contributed by atoms with Crippen LogP contribution < -0.4 is 10.5 Å². The Morgan fingerprint density at radius 1 is 1.04 bits per heavy atom. The molecule has 0 aromatic heterocycles. The van der Waals surface area contributed by atoms with Gasteiger partial charge in [0.25, 0.3) is 0 Å². The molecule has 5 nitrogen and oxygen atoms in total. The zero-order valence-corrected chi connectivity index (χ0v) is 16.2. The van der Waals surface area contributed by atoms with E-state index in [4.69, 9.17) is 5.14 Å². The third-order valence-electron chi connectivity index (χ3n) is 4.27. The third kappa shape index (κ3) is 11.5. The second kappa shape index (κ2) is 11.0. The number of hydrogen-bond acceptors (Lipinski definition) is 3. The van der Waals surface area contributed by atoms with Crippen LogP contribution >= 0.6 is 0 Å². The Kier molecular flexibility index (Phi) is 10.7. The fourth-order valence-corrected chi connectivity index (χ4v) is 3.65. The van der Waals surface area contributed by atoms with Crippen LogP contribution in [0.3, 0.4) is 0 Å². The smallest absolute Gasteiger partial charge is 0.224 e. The number of rotatable bonds is 13. The van der Waals surface area contributed by atoms with Crippen LogP contribution in [0, 0.1) is 5.92 Å². The molecular weight excluding hydrogens is 312 g/mol. The van der Waals surface area contributed by atoms with Crippen molar-refractivity contribution in [2.45, 2.75) is 91.0 Å². The summed E-state index contributed by atoms with van der Waals surface area (Å²) in [5.41, 5.74) is -0.257. The van der Waals surface area contributed by atoms with Crippen molar-refractivity contribution in [1.29, 1.82) is 0 Å². The van der Waals surface area contributed by atoms with Crippen molar-refractivity contribution in [1.82, 2.24) is 5.32 Å². The number of primary sulfonamides is 1. The number of carbonyl (C=O) groups is 1. The molecule has 0 rings (SSSR count). The molecule has 0 heterocycles. The fourth-order valence-electron chi connectivity index (χ4n) is 2.80. The highest BCUT2D eigenvalue weighted by Crippen LogP contribution is 2.23. The van der Waals surface area contributed by atoms with E-state index in [-0.39, 0.29) is 17.2 Å². The average molecular weight is 349 g/mol. The summed E-state index contributed by atoms with van der Waals surface area (Å²) in [7, 11) is -3.63. The minimum atomic E-state index is -3.63. The molecule has 0 aliphatic heterocycles. The lowest BCUT2D eigenvalue weighted by Crippen LogP contribution is -2.49. The average Bonchev–Trinajstić information content (AvgIpc) is 2.42. The summed E-state index contributed by atoms with van der Waals surface area (Å²) in [5.74, 6) is -1.14. The fraction of sp³-hybridized carbons (Fsp3) is 0.941. The maximum atomic E-state index is 12.3. The molecule has 0 aromatic carbocycles. The van der Waals surface area contributed by atoms with E-state index in [2.05, 4.69) is 26.1 Å². The molecule has 1 unspecified atom stereocenters. The van der Waals surface area contributed by atoms with Gasteiger partial charge in [0.05, 0.1) is 11.7 Å². The normalized spacial score (nSPS) is 15.9. The van der Waals surface area contributed by atoms with E-state index in [9.17, 15) is 13.2 Å². The van der Waals surface area contributed by atoms with Gasteiger partial charge in [-0.05, 0) is 19.8 Å². The molecule has 0 bridgehead atoms. The number of sulfonamides is 1. The van der Waals surface area contributed by atoms with E-state index in [1.165, 1.54) is 19.3 Å². The van der Waals surface area contributed by atoms with Crippen LogP contribution in [-0.4, -0.2) is 25.6 Å². The van der Waals surface area contributed by atoms with Gasteiger partial charge in [0.1, 0.15) is 0 Å². The second-order valence-electron chi connectivity index (χ2n) is 7.05. The van der Waals surface area contributed by atoms with Crippen molar-refractivity contribution in [3.63, 3.8) is 0 Å². The van der Waals surface area contributed by atoms with Crippen molar-refractivity contribution in [2.75, 3.05) is 5.75 Å². The molecule has 3 N–H and O–H groups in total. The van der Waals surface area contributed by atoms with E-state index in [1.807, 2.05) is 0 Å². The van der Waals surface area contributed by atoms with Gasteiger partial charge in [-0.1, -0.05) is 65.7 Å². The van der Waals surface area contributed by atoms with E-state index >= 15 is 0 Å². The third-order valence-corrected chi connectivity index (χ3v) is 5.23. The molecule has 0 aliphatic carbocycles. The highest BCUT2D eigenvalue weighted by molar-refractivity contribution is 7.89. The number of nitrogens with two attached hydrogens (primary N) is 1. The van der Waals surface area contributed by atoms with Crippen LogP contribution in [0.5, 0.6) is 0 Å². The molecular formula is C17H36N2O3S. The summed E-state index contributed by atoms with van der Waals surface area (Å²) >= 11 is 0. The molecule has 0 fully saturated rings. The molecule has 0 spiro atoms. The summed E-state index contributed by atoms with van der Waals surface area (Å²) in [4.78, 5) is 12.3. The van der Waals surface area contributed by atoms with Crippen molar-refractivity contribution >= 4 is 15.9 Å². The lowest BCUT2D eigenvalue weighted by molar-refractivity contribution is -0.125. The van der Waals surface area contributed by atoms with E-state index in [1.54, 1.807) is 6.92 Å². The maximum Gasteiger partial charge on any atom is 0.224 e. The first-order valence-corrected chi connectivity index (χ1v) is 10.7. The van der Waals surface area contributed by atoms with Crippen LogP contribution in [0.1, 0.15) is 85.5 Å². The standard InChI is InChI=1S/C17H36N2O3S/c1-5-7-9-11-13-17(4,12-10-8-6-2)19-16(20)15(3)14-23(18,21)22/h15H,5-14H2,1-4H3,(H,19,20)(H2,18,21,22)/t15-,17?/m1/s1. The lowest BCUT2D eigenvalue weighted by atomic mass is 9.87. The zero-order chi connectivity index (χ0) is 17.9. The van der Waals surface area contributed by atoms with Gasteiger partial charge in [0, 0.05) is 5.54 Å².